The maximum atomic E-state index is 6.18. The molecule has 0 bridgehead atoms. The average Bonchev–Trinajstić information content (AvgIpc) is 3.18. The van der Waals surface area contributed by atoms with E-state index in [-0.39, 0.29) is 6.01 Å². The molecule has 7 nitrogen and oxygen atoms in total. The van der Waals surface area contributed by atoms with Gasteiger partial charge in [-0.05, 0) is 44.3 Å². The first-order valence-electron chi connectivity index (χ1n) is 9.22. The molecule has 9 heteroatoms. The van der Waals surface area contributed by atoms with Crippen LogP contribution in [0.1, 0.15) is 11.4 Å². The fourth-order valence-corrected chi connectivity index (χ4v) is 3.69. The van der Waals surface area contributed by atoms with E-state index in [0.717, 1.165) is 32.9 Å². The van der Waals surface area contributed by atoms with Crippen LogP contribution in [0.25, 0.3) is 10.6 Å². The van der Waals surface area contributed by atoms with Crippen molar-refractivity contribution in [2.24, 2.45) is 0 Å². The van der Waals surface area contributed by atoms with Crippen LogP contribution in [0, 0.1) is 6.92 Å². The average molecular weight is 439 g/mol. The molecular formula is C21H19ClN6OS. The summed E-state index contributed by atoms with van der Waals surface area (Å²) in [7, 11) is 1.89. The van der Waals surface area contributed by atoms with Crippen molar-refractivity contribution < 1.29 is 4.74 Å². The lowest BCUT2D eigenvalue weighted by molar-refractivity contribution is 0.441. The Kier molecular flexibility index (Phi) is 6.18. The Morgan fingerprint density at radius 3 is 2.77 bits per heavy atom. The lowest BCUT2D eigenvalue weighted by atomic mass is 10.3. The number of ether oxygens (including phenoxy) is 1. The number of nitrogens with zero attached hydrogens (tertiary/aromatic N) is 4. The van der Waals surface area contributed by atoms with Gasteiger partial charge >= 0.3 is 6.01 Å². The first-order valence-corrected chi connectivity index (χ1v) is 10.4. The number of aryl methyl sites for hydroxylation is 1. The van der Waals surface area contributed by atoms with Crippen molar-refractivity contribution in [3.05, 3.63) is 71.1 Å². The molecule has 0 unspecified atom stereocenters. The monoisotopic (exact) mass is 438 g/mol. The first-order chi connectivity index (χ1) is 14.6. The molecule has 0 aliphatic heterocycles. The van der Waals surface area contributed by atoms with Gasteiger partial charge in [0, 0.05) is 18.4 Å². The molecule has 152 valence electrons. The summed E-state index contributed by atoms with van der Waals surface area (Å²) in [5, 5.41) is 7.57. The summed E-state index contributed by atoms with van der Waals surface area (Å²) >= 11 is 7.65. The van der Waals surface area contributed by atoms with E-state index in [1.807, 2.05) is 50.4 Å². The van der Waals surface area contributed by atoms with Crippen molar-refractivity contribution in [3.63, 3.8) is 0 Å². The topological polar surface area (TPSA) is 84.9 Å². The molecule has 0 fully saturated rings. The molecule has 3 heterocycles. The van der Waals surface area contributed by atoms with E-state index < -0.39 is 0 Å². The molecule has 1 aromatic carbocycles. The number of pyridine rings is 1. The van der Waals surface area contributed by atoms with Crippen LogP contribution in [0.4, 0.5) is 10.9 Å². The third-order valence-corrected chi connectivity index (χ3v) is 5.28. The molecular weight excluding hydrogens is 420 g/mol. The van der Waals surface area contributed by atoms with Crippen molar-refractivity contribution in [2.45, 2.75) is 13.5 Å². The van der Waals surface area contributed by atoms with E-state index in [1.165, 1.54) is 11.3 Å². The standard InChI is InChI=1S/C21H19ClN6OS/c1-13-10-16(27-20(25-13)29-17-8-4-3-7-15(17)22)18-12-24-21(30-18)28-19-9-5-6-14(26-19)11-23-2/h3-10,12,23H,11H2,1-2H3,(H,24,26,28). The zero-order chi connectivity index (χ0) is 20.9. The van der Waals surface area contributed by atoms with Gasteiger partial charge in [-0.1, -0.05) is 41.1 Å². The van der Waals surface area contributed by atoms with E-state index >= 15 is 0 Å². The maximum absolute atomic E-state index is 6.18. The molecule has 0 amide bonds. The largest absolute Gasteiger partial charge is 0.423 e. The van der Waals surface area contributed by atoms with Crippen molar-refractivity contribution in [1.29, 1.82) is 0 Å². The fraction of sp³-hybridized carbons (Fsp3) is 0.143. The van der Waals surface area contributed by atoms with Gasteiger partial charge in [0.2, 0.25) is 0 Å². The van der Waals surface area contributed by atoms with Crippen LogP contribution >= 0.6 is 22.9 Å². The molecule has 0 radical (unpaired) electrons. The predicted molar refractivity (Wildman–Crippen MR) is 120 cm³/mol. The highest BCUT2D eigenvalue weighted by atomic mass is 35.5. The minimum absolute atomic E-state index is 0.238. The maximum Gasteiger partial charge on any atom is 0.322 e. The second-order valence-electron chi connectivity index (χ2n) is 6.41. The van der Waals surface area contributed by atoms with E-state index in [0.29, 0.717) is 17.3 Å². The lowest BCUT2D eigenvalue weighted by Gasteiger charge is -2.07. The van der Waals surface area contributed by atoms with Gasteiger partial charge in [0.1, 0.15) is 11.6 Å². The number of benzene rings is 1. The molecule has 0 atom stereocenters. The van der Waals surface area contributed by atoms with Crippen LogP contribution in [-0.2, 0) is 6.54 Å². The van der Waals surface area contributed by atoms with Crippen LogP contribution in [0.15, 0.2) is 54.7 Å². The third kappa shape index (κ3) is 4.91. The summed E-state index contributed by atoms with van der Waals surface area (Å²) in [5.41, 5.74) is 2.46. The van der Waals surface area contributed by atoms with Gasteiger partial charge in [-0.15, -0.1) is 0 Å². The van der Waals surface area contributed by atoms with Crippen molar-refractivity contribution >= 4 is 33.9 Å². The quantitative estimate of drug-likeness (QED) is 0.409. The first kappa shape index (κ1) is 20.2. The highest BCUT2D eigenvalue weighted by Gasteiger charge is 2.12. The van der Waals surface area contributed by atoms with Gasteiger partial charge in [0.05, 0.1) is 21.3 Å². The Bertz CT molecular complexity index is 1170. The van der Waals surface area contributed by atoms with E-state index in [9.17, 15) is 0 Å². The molecule has 4 aromatic rings. The normalized spacial score (nSPS) is 10.8. The SMILES string of the molecule is CNCc1cccc(Nc2ncc(-c3cc(C)nc(Oc4ccccc4Cl)n3)s2)n1. The molecule has 2 N–H and O–H groups in total. The number of halogens is 1. The Hall–Kier alpha value is -3.07. The molecule has 0 spiro atoms. The fourth-order valence-electron chi connectivity index (χ4n) is 2.73. The molecule has 0 saturated carbocycles. The number of thiazole rings is 1. The molecule has 30 heavy (non-hydrogen) atoms. The predicted octanol–water partition coefficient (Wildman–Crippen LogP) is 5.21. The highest BCUT2D eigenvalue weighted by molar-refractivity contribution is 7.18. The number of anilines is 2. The summed E-state index contributed by atoms with van der Waals surface area (Å²) in [6, 6.07) is 15.2. The summed E-state index contributed by atoms with van der Waals surface area (Å²) in [6.07, 6.45) is 1.77. The molecule has 0 aliphatic rings. The second kappa shape index (κ2) is 9.17. The Balaban J connectivity index is 1.55. The van der Waals surface area contributed by atoms with Gasteiger partial charge in [-0.2, -0.15) is 4.98 Å². The Morgan fingerprint density at radius 2 is 1.93 bits per heavy atom. The molecule has 0 aliphatic carbocycles. The van der Waals surface area contributed by atoms with Crippen molar-refractivity contribution in [3.8, 4) is 22.3 Å². The summed E-state index contributed by atoms with van der Waals surface area (Å²) in [5.74, 6) is 1.25. The summed E-state index contributed by atoms with van der Waals surface area (Å²) < 4.78 is 5.79. The van der Waals surface area contributed by atoms with Crippen LogP contribution < -0.4 is 15.4 Å². The van der Waals surface area contributed by atoms with Gasteiger partial charge in [0.15, 0.2) is 5.13 Å². The zero-order valence-electron chi connectivity index (χ0n) is 16.4. The smallest absolute Gasteiger partial charge is 0.322 e. The van der Waals surface area contributed by atoms with Crippen molar-refractivity contribution in [2.75, 3.05) is 12.4 Å². The summed E-state index contributed by atoms with van der Waals surface area (Å²) in [4.78, 5) is 18.8. The number of nitrogens with one attached hydrogen (secondary N) is 2. The van der Waals surface area contributed by atoms with Gasteiger partial charge in [-0.3, -0.25) is 0 Å². The number of rotatable bonds is 7. The van der Waals surface area contributed by atoms with Crippen LogP contribution in [0.5, 0.6) is 11.8 Å². The van der Waals surface area contributed by atoms with Crippen LogP contribution in [-0.4, -0.2) is 27.0 Å². The van der Waals surface area contributed by atoms with Crippen LogP contribution in [0.2, 0.25) is 5.02 Å². The number of para-hydroxylation sites is 1. The molecule has 0 saturated heterocycles. The highest BCUT2D eigenvalue weighted by Crippen LogP contribution is 2.32. The van der Waals surface area contributed by atoms with Gasteiger partial charge in [-0.25, -0.2) is 15.0 Å². The zero-order valence-corrected chi connectivity index (χ0v) is 18.0. The van der Waals surface area contributed by atoms with Gasteiger partial charge < -0.3 is 15.4 Å². The van der Waals surface area contributed by atoms with Crippen LogP contribution in [0.3, 0.4) is 0 Å². The van der Waals surface area contributed by atoms with E-state index in [4.69, 9.17) is 16.3 Å². The summed E-state index contributed by atoms with van der Waals surface area (Å²) in [6.45, 7) is 2.59. The van der Waals surface area contributed by atoms with E-state index in [1.54, 1.807) is 18.3 Å². The minimum atomic E-state index is 0.238. The minimum Gasteiger partial charge on any atom is -0.423 e. The lowest BCUT2D eigenvalue weighted by Crippen LogP contribution is -2.07. The van der Waals surface area contributed by atoms with Gasteiger partial charge in [0.25, 0.3) is 0 Å². The number of hydrogen-bond donors (Lipinski definition) is 2. The number of hydrogen-bond acceptors (Lipinski definition) is 8. The van der Waals surface area contributed by atoms with Crippen molar-refractivity contribution in [1.82, 2.24) is 25.3 Å². The number of aromatic nitrogens is 4. The molecule has 4 rings (SSSR count). The second-order valence-corrected chi connectivity index (χ2v) is 7.85. The Morgan fingerprint density at radius 1 is 1.07 bits per heavy atom. The molecule has 3 aromatic heterocycles. The Labute approximate surface area is 183 Å². The van der Waals surface area contributed by atoms with E-state index in [2.05, 4.69) is 30.6 Å². The third-order valence-electron chi connectivity index (χ3n) is 4.03.